The highest BCUT2D eigenvalue weighted by Gasteiger charge is 2.17. The summed E-state index contributed by atoms with van der Waals surface area (Å²) in [6.07, 6.45) is 0. The van der Waals surface area contributed by atoms with Crippen LogP contribution in [0, 0.1) is 19.7 Å². The van der Waals surface area contributed by atoms with Crippen LogP contribution in [0.25, 0.3) is 0 Å². The predicted octanol–water partition coefficient (Wildman–Crippen LogP) is 3.64. The van der Waals surface area contributed by atoms with Crippen molar-refractivity contribution in [3.8, 4) is 5.75 Å². The summed E-state index contributed by atoms with van der Waals surface area (Å²) in [5.41, 5.74) is 2.46. The molecule has 27 heavy (non-hydrogen) atoms. The molecule has 0 radical (unpaired) electrons. The number of aliphatic imine (C=N–C) groups is 1. The van der Waals surface area contributed by atoms with Crippen molar-refractivity contribution in [3.05, 3.63) is 44.7 Å². The van der Waals surface area contributed by atoms with Gasteiger partial charge in [-0.25, -0.2) is 14.4 Å². The number of rotatable bonds is 5. The van der Waals surface area contributed by atoms with Crippen molar-refractivity contribution in [1.82, 2.24) is 15.6 Å². The first-order chi connectivity index (χ1) is 12.6. The van der Waals surface area contributed by atoms with Crippen LogP contribution in [0.1, 0.15) is 33.6 Å². The fourth-order valence-electron chi connectivity index (χ4n) is 2.78. The van der Waals surface area contributed by atoms with Gasteiger partial charge in [0.1, 0.15) is 11.6 Å². The zero-order chi connectivity index (χ0) is 18.5. The van der Waals surface area contributed by atoms with Crippen molar-refractivity contribution >= 4 is 41.3 Å². The molecule has 0 bridgehead atoms. The highest BCUT2D eigenvalue weighted by molar-refractivity contribution is 14.0. The maximum atomic E-state index is 13.8. The molecule has 3 rings (SSSR count). The molecule has 0 atom stereocenters. The summed E-state index contributed by atoms with van der Waals surface area (Å²) in [6.45, 7) is 8.23. The number of hydrogen-bond donors (Lipinski definition) is 2. The van der Waals surface area contributed by atoms with Crippen LogP contribution in [0.15, 0.2) is 17.1 Å². The normalized spacial score (nSPS) is 13.4. The van der Waals surface area contributed by atoms with E-state index in [1.807, 2.05) is 20.8 Å². The van der Waals surface area contributed by atoms with Crippen LogP contribution < -0.4 is 15.4 Å². The van der Waals surface area contributed by atoms with Gasteiger partial charge in [0, 0.05) is 22.5 Å². The number of benzene rings is 1. The highest BCUT2D eigenvalue weighted by Crippen LogP contribution is 2.29. The lowest BCUT2D eigenvalue weighted by Crippen LogP contribution is -2.36. The van der Waals surface area contributed by atoms with Gasteiger partial charge in [-0.15, -0.1) is 35.3 Å². The third-order valence-corrected chi connectivity index (χ3v) is 4.99. The van der Waals surface area contributed by atoms with Gasteiger partial charge in [-0.3, -0.25) is 0 Å². The van der Waals surface area contributed by atoms with E-state index in [2.05, 4.69) is 20.6 Å². The number of nitrogens with one attached hydrogen (secondary N) is 2. The monoisotopic (exact) mass is 506 g/mol. The van der Waals surface area contributed by atoms with Gasteiger partial charge in [0.25, 0.3) is 0 Å². The van der Waals surface area contributed by atoms with Gasteiger partial charge in [-0.1, -0.05) is 0 Å². The summed E-state index contributed by atoms with van der Waals surface area (Å²) in [5.74, 6) is 1.03. The zero-order valence-corrected chi connectivity index (χ0v) is 18.7. The Hall–Kier alpha value is -1.46. The topological polar surface area (TPSA) is 67.8 Å². The third kappa shape index (κ3) is 5.76. The second-order valence-corrected chi connectivity index (χ2v) is 7.24. The van der Waals surface area contributed by atoms with Crippen molar-refractivity contribution < 1.29 is 13.9 Å². The quantitative estimate of drug-likeness (QED) is 0.369. The molecule has 2 heterocycles. The van der Waals surface area contributed by atoms with Crippen LogP contribution in [0.3, 0.4) is 0 Å². The molecule has 2 N–H and O–H groups in total. The van der Waals surface area contributed by atoms with Crippen LogP contribution in [0.5, 0.6) is 5.75 Å². The minimum atomic E-state index is -0.309. The van der Waals surface area contributed by atoms with E-state index in [1.165, 1.54) is 17.0 Å². The Kier molecular flexibility index (Phi) is 8.24. The van der Waals surface area contributed by atoms with E-state index in [0.29, 0.717) is 37.0 Å². The smallest absolute Gasteiger partial charge is 0.191 e. The van der Waals surface area contributed by atoms with Gasteiger partial charge in [0.2, 0.25) is 0 Å². The van der Waals surface area contributed by atoms with Gasteiger partial charge in [-0.05, 0) is 32.9 Å². The molecule has 0 amide bonds. The second kappa shape index (κ2) is 10.2. The summed E-state index contributed by atoms with van der Waals surface area (Å²) in [7, 11) is 0. The number of guanidine groups is 1. The van der Waals surface area contributed by atoms with Crippen LogP contribution in [0.2, 0.25) is 0 Å². The lowest BCUT2D eigenvalue weighted by molar-refractivity contribution is -0.0172. The van der Waals surface area contributed by atoms with E-state index in [4.69, 9.17) is 9.47 Å². The standard InChI is InChI=1S/C18H23FN4O2S.HI/c1-4-20-18(22-8-16-11(2)23-12(3)26-16)21-7-13-5-15(19)6-14-9-24-10-25-17(13)14;/h5-6H,4,7-10H2,1-3H3,(H2,20,21,22);1H. The van der Waals surface area contributed by atoms with E-state index in [9.17, 15) is 4.39 Å². The summed E-state index contributed by atoms with van der Waals surface area (Å²) < 4.78 is 24.6. The Labute approximate surface area is 179 Å². The number of hydrogen-bond acceptors (Lipinski definition) is 5. The first-order valence-electron chi connectivity index (χ1n) is 8.53. The number of aryl methyl sites for hydroxylation is 2. The van der Waals surface area contributed by atoms with Crippen LogP contribution >= 0.6 is 35.3 Å². The van der Waals surface area contributed by atoms with E-state index in [-0.39, 0.29) is 36.6 Å². The Balaban J connectivity index is 0.00000261. The molecular formula is C18H24FIN4O2S. The predicted molar refractivity (Wildman–Crippen MR) is 115 cm³/mol. The van der Waals surface area contributed by atoms with Crippen LogP contribution in [-0.2, 0) is 24.4 Å². The number of ether oxygens (including phenoxy) is 2. The number of fused-ring (bicyclic) bond motifs is 1. The Bertz CT molecular complexity index is 813. The molecular weight excluding hydrogens is 482 g/mol. The van der Waals surface area contributed by atoms with E-state index in [0.717, 1.165) is 22.8 Å². The fraction of sp³-hybridized carbons (Fsp3) is 0.444. The highest BCUT2D eigenvalue weighted by atomic mass is 127. The summed E-state index contributed by atoms with van der Waals surface area (Å²) in [4.78, 5) is 10.2. The maximum Gasteiger partial charge on any atom is 0.191 e. The number of thiazole rings is 1. The number of nitrogens with zero attached hydrogens (tertiary/aromatic N) is 2. The number of halogens is 2. The van der Waals surface area contributed by atoms with E-state index >= 15 is 0 Å². The molecule has 9 heteroatoms. The van der Waals surface area contributed by atoms with Gasteiger partial charge in [0.05, 0.1) is 30.4 Å². The molecule has 0 fully saturated rings. The summed E-state index contributed by atoms with van der Waals surface area (Å²) in [5, 5.41) is 7.56. The van der Waals surface area contributed by atoms with E-state index < -0.39 is 0 Å². The number of aromatic nitrogens is 1. The fourth-order valence-corrected chi connectivity index (χ4v) is 3.66. The van der Waals surface area contributed by atoms with Crippen molar-refractivity contribution in [1.29, 1.82) is 0 Å². The molecule has 6 nitrogen and oxygen atoms in total. The van der Waals surface area contributed by atoms with Crippen molar-refractivity contribution in [2.75, 3.05) is 13.3 Å². The first-order valence-corrected chi connectivity index (χ1v) is 9.35. The first kappa shape index (κ1) is 21.8. The molecule has 0 saturated carbocycles. The third-order valence-electron chi connectivity index (χ3n) is 3.92. The molecule has 0 aliphatic carbocycles. The summed E-state index contributed by atoms with van der Waals surface area (Å²) >= 11 is 1.67. The molecule has 2 aromatic rings. The molecule has 1 aromatic carbocycles. The molecule has 1 aromatic heterocycles. The summed E-state index contributed by atoms with van der Waals surface area (Å²) in [6, 6.07) is 2.91. The largest absolute Gasteiger partial charge is 0.467 e. The van der Waals surface area contributed by atoms with Gasteiger partial charge in [0.15, 0.2) is 12.8 Å². The van der Waals surface area contributed by atoms with Gasteiger partial charge < -0.3 is 20.1 Å². The maximum absolute atomic E-state index is 13.8. The molecule has 0 unspecified atom stereocenters. The minimum absolute atomic E-state index is 0. The molecule has 1 aliphatic heterocycles. The molecule has 1 aliphatic rings. The van der Waals surface area contributed by atoms with E-state index in [1.54, 1.807) is 11.3 Å². The van der Waals surface area contributed by atoms with Crippen molar-refractivity contribution in [2.24, 2.45) is 4.99 Å². The van der Waals surface area contributed by atoms with Crippen molar-refractivity contribution in [3.63, 3.8) is 0 Å². The minimum Gasteiger partial charge on any atom is -0.467 e. The van der Waals surface area contributed by atoms with Gasteiger partial charge >= 0.3 is 0 Å². The SMILES string of the molecule is CCNC(=NCc1cc(F)cc2c1OCOC2)NCc1sc(C)nc1C.I. The molecule has 0 spiro atoms. The average molecular weight is 506 g/mol. The second-order valence-electron chi connectivity index (χ2n) is 5.95. The lowest BCUT2D eigenvalue weighted by Gasteiger charge is -2.20. The van der Waals surface area contributed by atoms with Gasteiger partial charge in [-0.2, -0.15) is 0 Å². The van der Waals surface area contributed by atoms with Crippen LogP contribution in [0.4, 0.5) is 4.39 Å². The zero-order valence-electron chi connectivity index (χ0n) is 15.6. The Morgan fingerprint density at radius 1 is 1.33 bits per heavy atom. The Morgan fingerprint density at radius 3 is 2.85 bits per heavy atom. The Morgan fingerprint density at radius 2 is 2.15 bits per heavy atom. The van der Waals surface area contributed by atoms with Crippen molar-refractivity contribution in [2.45, 2.75) is 40.5 Å². The molecule has 0 saturated heterocycles. The van der Waals surface area contributed by atoms with Crippen LogP contribution in [-0.4, -0.2) is 24.3 Å². The molecule has 148 valence electrons. The lowest BCUT2D eigenvalue weighted by atomic mass is 10.1. The average Bonchev–Trinajstić information content (AvgIpc) is 2.94.